The third-order valence-corrected chi connectivity index (χ3v) is 3.99. The molecule has 2 aromatic carbocycles. The number of rotatable bonds is 1. The Bertz CT molecular complexity index is 736. The predicted molar refractivity (Wildman–Crippen MR) is 74.8 cm³/mol. The van der Waals surface area contributed by atoms with E-state index < -0.39 is 0 Å². The molecule has 3 rings (SSSR count). The Labute approximate surface area is 113 Å². The van der Waals surface area contributed by atoms with Crippen molar-refractivity contribution in [3.8, 4) is 10.6 Å². The Balaban J connectivity index is 2.22. The number of benzene rings is 2. The summed E-state index contributed by atoms with van der Waals surface area (Å²) in [6, 6.07) is 10.5. The van der Waals surface area contributed by atoms with Crippen LogP contribution in [-0.4, -0.2) is 4.98 Å². The van der Waals surface area contributed by atoms with Crippen LogP contribution in [0.4, 0.5) is 4.39 Å². The van der Waals surface area contributed by atoms with Crippen LogP contribution in [0.2, 0.25) is 5.02 Å². The highest BCUT2D eigenvalue weighted by atomic mass is 35.5. The zero-order valence-corrected chi connectivity index (χ0v) is 11.1. The monoisotopic (exact) mass is 277 g/mol. The third-order valence-electron chi connectivity index (χ3n) is 2.70. The van der Waals surface area contributed by atoms with Gasteiger partial charge in [-0.3, -0.25) is 0 Å². The molecule has 3 aromatic rings. The summed E-state index contributed by atoms with van der Waals surface area (Å²) in [6.07, 6.45) is 0. The standard InChI is InChI=1S/C14H9ClFNS/c1-8-2-4-11(16)10(6-8)14-17-12-5-3-9(15)7-13(12)18-14/h2-7H,1H3. The Kier molecular flexibility index (Phi) is 2.80. The Morgan fingerprint density at radius 2 is 2.00 bits per heavy atom. The zero-order chi connectivity index (χ0) is 12.7. The van der Waals surface area contributed by atoms with Crippen molar-refractivity contribution in [1.29, 1.82) is 0 Å². The normalized spacial score (nSPS) is 11.1. The van der Waals surface area contributed by atoms with Crippen molar-refractivity contribution >= 4 is 33.2 Å². The molecular formula is C14H9ClFNS. The maximum absolute atomic E-state index is 13.8. The second-order valence-electron chi connectivity index (χ2n) is 4.11. The van der Waals surface area contributed by atoms with Crippen LogP contribution in [-0.2, 0) is 0 Å². The quantitative estimate of drug-likeness (QED) is 0.605. The van der Waals surface area contributed by atoms with E-state index in [1.54, 1.807) is 12.1 Å². The predicted octanol–water partition coefficient (Wildman–Crippen LogP) is 5.06. The van der Waals surface area contributed by atoms with Gasteiger partial charge < -0.3 is 0 Å². The lowest BCUT2D eigenvalue weighted by molar-refractivity contribution is 0.631. The van der Waals surface area contributed by atoms with Gasteiger partial charge in [0.15, 0.2) is 0 Å². The van der Waals surface area contributed by atoms with Crippen LogP contribution < -0.4 is 0 Å². The van der Waals surface area contributed by atoms with Gasteiger partial charge in [0.2, 0.25) is 0 Å². The van der Waals surface area contributed by atoms with Gasteiger partial charge >= 0.3 is 0 Å². The van der Waals surface area contributed by atoms with E-state index in [2.05, 4.69) is 4.98 Å². The second kappa shape index (κ2) is 4.34. The number of halogens is 2. The Morgan fingerprint density at radius 1 is 1.17 bits per heavy atom. The van der Waals surface area contributed by atoms with E-state index in [0.717, 1.165) is 15.8 Å². The van der Waals surface area contributed by atoms with Crippen LogP contribution in [0, 0.1) is 12.7 Å². The van der Waals surface area contributed by atoms with Crippen LogP contribution in [0.15, 0.2) is 36.4 Å². The van der Waals surface area contributed by atoms with Gasteiger partial charge in [-0.2, -0.15) is 0 Å². The molecule has 0 aliphatic heterocycles. The van der Waals surface area contributed by atoms with Gasteiger partial charge in [-0.15, -0.1) is 11.3 Å². The van der Waals surface area contributed by atoms with Crippen LogP contribution in [0.25, 0.3) is 20.8 Å². The van der Waals surface area contributed by atoms with E-state index in [-0.39, 0.29) is 5.82 Å². The molecule has 0 spiro atoms. The molecule has 1 nitrogen and oxygen atoms in total. The third kappa shape index (κ3) is 2.00. The molecule has 0 aliphatic carbocycles. The molecule has 0 saturated heterocycles. The van der Waals surface area contributed by atoms with Crippen molar-refractivity contribution in [3.05, 3.63) is 52.8 Å². The number of hydrogen-bond donors (Lipinski definition) is 0. The van der Waals surface area contributed by atoms with Gasteiger partial charge in [0, 0.05) is 10.6 Å². The van der Waals surface area contributed by atoms with E-state index in [4.69, 9.17) is 11.6 Å². The van der Waals surface area contributed by atoms with Gasteiger partial charge in [0.05, 0.1) is 10.2 Å². The van der Waals surface area contributed by atoms with Crippen molar-refractivity contribution in [2.45, 2.75) is 6.92 Å². The number of thiazole rings is 1. The van der Waals surface area contributed by atoms with E-state index in [1.807, 2.05) is 25.1 Å². The molecule has 0 fully saturated rings. The zero-order valence-electron chi connectivity index (χ0n) is 9.58. The van der Waals surface area contributed by atoms with Crippen molar-refractivity contribution in [3.63, 3.8) is 0 Å². The summed E-state index contributed by atoms with van der Waals surface area (Å²) in [6.45, 7) is 1.94. The lowest BCUT2D eigenvalue weighted by Crippen LogP contribution is -1.84. The molecule has 0 N–H and O–H groups in total. The van der Waals surface area contributed by atoms with Crippen molar-refractivity contribution in [1.82, 2.24) is 4.98 Å². The minimum atomic E-state index is -0.245. The molecule has 0 saturated carbocycles. The summed E-state index contributed by atoms with van der Waals surface area (Å²) in [5.74, 6) is -0.245. The van der Waals surface area contributed by atoms with E-state index >= 15 is 0 Å². The van der Waals surface area contributed by atoms with Crippen LogP contribution >= 0.6 is 22.9 Å². The first kappa shape index (κ1) is 11.6. The summed E-state index contributed by atoms with van der Waals surface area (Å²) < 4.78 is 14.8. The maximum atomic E-state index is 13.8. The number of aryl methyl sites for hydroxylation is 1. The fraction of sp³-hybridized carbons (Fsp3) is 0.0714. The first-order valence-corrected chi connectivity index (χ1v) is 6.65. The van der Waals surface area contributed by atoms with E-state index in [0.29, 0.717) is 15.6 Å². The fourth-order valence-electron chi connectivity index (χ4n) is 1.82. The average molecular weight is 278 g/mol. The Hall–Kier alpha value is -1.45. The van der Waals surface area contributed by atoms with Crippen molar-refractivity contribution < 1.29 is 4.39 Å². The van der Waals surface area contributed by atoms with E-state index in [9.17, 15) is 4.39 Å². The van der Waals surface area contributed by atoms with Crippen molar-refractivity contribution in [2.75, 3.05) is 0 Å². The van der Waals surface area contributed by atoms with Crippen LogP contribution in [0.3, 0.4) is 0 Å². The molecule has 90 valence electrons. The lowest BCUT2D eigenvalue weighted by Gasteiger charge is -1.99. The highest BCUT2D eigenvalue weighted by Crippen LogP contribution is 2.33. The van der Waals surface area contributed by atoms with Gasteiger partial charge in [0.25, 0.3) is 0 Å². The van der Waals surface area contributed by atoms with Gasteiger partial charge in [-0.1, -0.05) is 23.2 Å². The summed E-state index contributed by atoms with van der Waals surface area (Å²) in [5, 5.41) is 1.36. The summed E-state index contributed by atoms with van der Waals surface area (Å²) in [5.41, 5.74) is 2.41. The SMILES string of the molecule is Cc1ccc(F)c(-c2nc3ccc(Cl)cc3s2)c1. The first-order chi connectivity index (χ1) is 8.63. The number of nitrogens with zero attached hydrogens (tertiary/aromatic N) is 1. The summed E-state index contributed by atoms with van der Waals surface area (Å²) in [4.78, 5) is 4.45. The smallest absolute Gasteiger partial charge is 0.133 e. The van der Waals surface area contributed by atoms with E-state index in [1.165, 1.54) is 17.4 Å². The van der Waals surface area contributed by atoms with Crippen molar-refractivity contribution in [2.24, 2.45) is 0 Å². The molecule has 0 radical (unpaired) electrons. The lowest BCUT2D eigenvalue weighted by atomic mass is 10.1. The molecule has 0 atom stereocenters. The highest BCUT2D eigenvalue weighted by molar-refractivity contribution is 7.21. The molecule has 4 heteroatoms. The van der Waals surface area contributed by atoms with Crippen LogP contribution in [0.1, 0.15) is 5.56 Å². The number of aromatic nitrogens is 1. The van der Waals surface area contributed by atoms with Crippen LogP contribution in [0.5, 0.6) is 0 Å². The second-order valence-corrected chi connectivity index (χ2v) is 5.58. The fourth-order valence-corrected chi connectivity index (χ4v) is 3.08. The average Bonchev–Trinajstić information content (AvgIpc) is 2.74. The molecule has 0 bridgehead atoms. The highest BCUT2D eigenvalue weighted by Gasteiger charge is 2.11. The Morgan fingerprint density at radius 3 is 2.83 bits per heavy atom. The summed E-state index contributed by atoms with van der Waals surface area (Å²) >= 11 is 7.39. The number of fused-ring (bicyclic) bond motifs is 1. The molecule has 0 unspecified atom stereocenters. The number of hydrogen-bond acceptors (Lipinski definition) is 2. The largest absolute Gasteiger partial charge is 0.236 e. The molecule has 0 amide bonds. The minimum absolute atomic E-state index is 0.245. The molecule has 18 heavy (non-hydrogen) atoms. The topological polar surface area (TPSA) is 12.9 Å². The van der Waals surface area contributed by atoms with Gasteiger partial charge in [-0.05, 0) is 37.3 Å². The molecule has 1 heterocycles. The van der Waals surface area contributed by atoms with Gasteiger partial charge in [0.1, 0.15) is 10.8 Å². The maximum Gasteiger partial charge on any atom is 0.133 e. The molecular weight excluding hydrogens is 269 g/mol. The minimum Gasteiger partial charge on any atom is -0.236 e. The first-order valence-electron chi connectivity index (χ1n) is 5.46. The van der Waals surface area contributed by atoms with Gasteiger partial charge in [-0.25, -0.2) is 9.37 Å². The summed E-state index contributed by atoms with van der Waals surface area (Å²) in [7, 11) is 0. The molecule has 0 aliphatic rings. The molecule has 1 aromatic heterocycles.